The van der Waals surface area contributed by atoms with Gasteiger partial charge in [-0.05, 0) is 43.9 Å². The molecule has 0 aliphatic carbocycles. The minimum absolute atomic E-state index is 0.188. The molecule has 2 aromatic rings. The third-order valence-corrected chi connectivity index (χ3v) is 4.70. The first kappa shape index (κ1) is 14.5. The number of thiazole rings is 1. The predicted octanol–water partition coefficient (Wildman–Crippen LogP) is 4.54. The van der Waals surface area contributed by atoms with Gasteiger partial charge >= 0.3 is 0 Å². The number of hydrogen-bond acceptors (Lipinski definition) is 2. The van der Waals surface area contributed by atoms with E-state index >= 15 is 0 Å². The van der Waals surface area contributed by atoms with Crippen molar-refractivity contribution in [2.45, 2.75) is 26.7 Å². The molecule has 0 aliphatic heterocycles. The van der Waals surface area contributed by atoms with Gasteiger partial charge < -0.3 is 0 Å². The Morgan fingerprint density at radius 3 is 2.68 bits per heavy atom. The summed E-state index contributed by atoms with van der Waals surface area (Å²) in [5, 5.41) is 1.12. The van der Waals surface area contributed by atoms with E-state index in [0.29, 0.717) is 11.8 Å². The average molecular weight is 298 g/mol. The molecule has 0 saturated heterocycles. The van der Waals surface area contributed by atoms with E-state index < -0.39 is 0 Å². The molecule has 102 valence electrons. The summed E-state index contributed by atoms with van der Waals surface area (Å²) in [4.78, 5) is 5.80. The van der Waals surface area contributed by atoms with E-state index in [1.54, 1.807) is 23.5 Å². The van der Waals surface area contributed by atoms with Crippen molar-refractivity contribution in [2.75, 3.05) is 5.88 Å². The summed E-state index contributed by atoms with van der Waals surface area (Å²) >= 11 is 7.76. The molecule has 1 aromatic carbocycles. The third kappa shape index (κ3) is 4.02. The van der Waals surface area contributed by atoms with Crippen molar-refractivity contribution in [3.63, 3.8) is 0 Å². The number of alkyl halides is 1. The molecular weight excluding hydrogens is 281 g/mol. The Morgan fingerprint density at radius 1 is 1.32 bits per heavy atom. The largest absolute Gasteiger partial charge is 0.246 e. The van der Waals surface area contributed by atoms with Crippen LogP contribution in [-0.4, -0.2) is 10.9 Å². The third-order valence-electron chi connectivity index (χ3n) is 3.17. The van der Waals surface area contributed by atoms with Gasteiger partial charge in [-0.15, -0.1) is 22.9 Å². The Balaban J connectivity index is 2.04. The second-order valence-corrected chi connectivity index (χ2v) is 6.40. The van der Waals surface area contributed by atoms with Crippen LogP contribution in [0, 0.1) is 25.6 Å². The van der Waals surface area contributed by atoms with Crippen LogP contribution in [0.1, 0.15) is 21.1 Å². The van der Waals surface area contributed by atoms with Crippen molar-refractivity contribution in [2.24, 2.45) is 5.92 Å². The van der Waals surface area contributed by atoms with Crippen molar-refractivity contribution in [3.05, 3.63) is 51.2 Å². The summed E-state index contributed by atoms with van der Waals surface area (Å²) in [6, 6.07) is 6.74. The fourth-order valence-corrected chi connectivity index (χ4v) is 3.32. The lowest BCUT2D eigenvalue weighted by Gasteiger charge is -2.12. The Kier molecular flexibility index (Phi) is 4.94. The zero-order valence-electron chi connectivity index (χ0n) is 11.1. The molecule has 0 radical (unpaired) electrons. The van der Waals surface area contributed by atoms with Gasteiger partial charge in [0.2, 0.25) is 0 Å². The second kappa shape index (κ2) is 6.49. The zero-order valence-corrected chi connectivity index (χ0v) is 12.7. The highest BCUT2D eigenvalue weighted by atomic mass is 35.5. The van der Waals surface area contributed by atoms with Gasteiger partial charge in [-0.2, -0.15) is 0 Å². The van der Waals surface area contributed by atoms with Crippen LogP contribution >= 0.6 is 22.9 Å². The Labute approximate surface area is 122 Å². The predicted molar refractivity (Wildman–Crippen MR) is 79.6 cm³/mol. The Hall–Kier alpha value is -0.930. The highest BCUT2D eigenvalue weighted by Gasteiger charge is 2.13. The maximum atomic E-state index is 13.2. The van der Waals surface area contributed by atoms with Crippen LogP contribution in [0.5, 0.6) is 0 Å². The maximum absolute atomic E-state index is 13.2. The first-order valence-electron chi connectivity index (χ1n) is 6.31. The summed E-state index contributed by atoms with van der Waals surface area (Å²) in [6.45, 7) is 4.11. The van der Waals surface area contributed by atoms with Crippen LogP contribution < -0.4 is 0 Å². The lowest BCUT2D eigenvalue weighted by molar-refractivity contribution is 0.574. The standard InChI is InChI=1S/C15H17ClFNS/c1-10-11(2)19-15(18-10)8-13(9-16)6-12-4-3-5-14(17)7-12/h3-5,7,13H,6,8-9H2,1-2H3. The van der Waals surface area contributed by atoms with Crippen molar-refractivity contribution in [3.8, 4) is 0 Å². The summed E-state index contributed by atoms with van der Waals surface area (Å²) in [6.07, 6.45) is 1.65. The second-order valence-electron chi connectivity index (χ2n) is 4.81. The maximum Gasteiger partial charge on any atom is 0.123 e. The molecule has 1 unspecified atom stereocenters. The Morgan fingerprint density at radius 2 is 2.11 bits per heavy atom. The molecule has 4 heteroatoms. The van der Waals surface area contributed by atoms with Gasteiger partial charge in [0.05, 0.1) is 10.7 Å². The molecule has 1 nitrogen and oxygen atoms in total. The topological polar surface area (TPSA) is 12.9 Å². The molecule has 0 fully saturated rings. The van der Waals surface area contributed by atoms with Crippen molar-refractivity contribution in [1.82, 2.24) is 4.98 Å². The van der Waals surface area contributed by atoms with Crippen molar-refractivity contribution >= 4 is 22.9 Å². The molecule has 1 atom stereocenters. The lowest BCUT2D eigenvalue weighted by Crippen LogP contribution is -2.10. The number of hydrogen-bond donors (Lipinski definition) is 0. The van der Waals surface area contributed by atoms with E-state index in [1.807, 2.05) is 13.0 Å². The van der Waals surface area contributed by atoms with Crippen LogP contribution in [0.2, 0.25) is 0 Å². The Bertz CT molecular complexity index is 533. The quantitative estimate of drug-likeness (QED) is 0.738. The highest BCUT2D eigenvalue weighted by Crippen LogP contribution is 2.22. The molecule has 19 heavy (non-hydrogen) atoms. The molecule has 1 heterocycles. The molecule has 0 saturated carbocycles. The molecular formula is C15H17ClFNS. The van der Waals surface area contributed by atoms with Gasteiger partial charge in [0.25, 0.3) is 0 Å². The van der Waals surface area contributed by atoms with Crippen LogP contribution in [0.4, 0.5) is 4.39 Å². The summed E-state index contributed by atoms with van der Waals surface area (Å²) < 4.78 is 13.2. The van der Waals surface area contributed by atoms with Gasteiger partial charge in [-0.3, -0.25) is 0 Å². The number of rotatable bonds is 5. The molecule has 1 aromatic heterocycles. The number of halogens is 2. The number of nitrogens with zero attached hydrogens (tertiary/aromatic N) is 1. The van der Waals surface area contributed by atoms with Crippen LogP contribution in [0.25, 0.3) is 0 Å². The monoisotopic (exact) mass is 297 g/mol. The van der Waals surface area contributed by atoms with Crippen molar-refractivity contribution in [1.29, 1.82) is 0 Å². The van der Waals surface area contributed by atoms with E-state index in [1.165, 1.54) is 10.9 Å². The normalized spacial score (nSPS) is 12.6. The minimum Gasteiger partial charge on any atom is -0.246 e. The van der Waals surface area contributed by atoms with E-state index in [9.17, 15) is 4.39 Å². The molecule has 0 bridgehead atoms. The van der Waals surface area contributed by atoms with E-state index in [4.69, 9.17) is 11.6 Å². The fraction of sp³-hybridized carbons (Fsp3) is 0.400. The summed E-state index contributed by atoms with van der Waals surface area (Å²) in [5.74, 6) is 0.675. The van der Waals surface area contributed by atoms with Gasteiger partial charge in [0, 0.05) is 17.2 Å². The minimum atomic E-state index is -0.188. The average Bonchev–Trinajstić information content (AvgIpc) is 2.67. The van der Waals surface area contributed by atoms with E-state index in [-0.39, 0.29) is 5.82 Å². The zero-order chi connectivity index (χ0) is 13.8. The highest BCUT2D eigenvalue weighted by molar-refractivity contribution is 7.11. The summed E-state index contributed by atoms with van der Waals surface area (Å²) in [5.41, 5.74) is 2.09. The number of aromatic nitrogens is 1. The molecule has 0 aliphatic rings. The first-order valence-corrected chi connectivity index (χ1v) is 7.67. The molecule has 0 N–H and O–H groups in total. The van der Waals surface area contributed by atoms with E-state index in [2.05, 4.69) is 11.9 Å². The van der Waals surface area contributed by atoms with Crippen molar-refractivity contribution < 1.29 is 4.39 Å². The fourth-order valence-electron chi connectivity index (χ4n) is 2.05. The molecule has 0 amide bonds. The smallest absolute Gasteiger partial charge is 0.123 e. The molecule has 0 spiro atoms. The van der Waals surface area contributed by atoms with Gasteiger partial charge in [0.15, 0.2) is 0 Å². The number of aryl methyl sites for hydroxylation is 2. The molecule has 2 rings (SSSR count). The first-order chi connectivity index (χ1) is 9.08. The van der Waals surface area contributed by atoms with Gasteiger partial charge in [0.1, 0.15) is 5.82 Å². The van der Waals surface area contributed by atoms with Gasteiger partial charge in [-0.25, -0.2) is 9.37 Å². The van der Waals surface area contributed by atoms with Crippen LogP contribution in [-0.2, 0) is 12.8 Å². The number of benzene rings is 1. The lowest BCUT2D eigenvalue weighted by atomic mass is 9.98. The SMILES string of the molecule is Cc1nc(CC(CCl)Cc2cccc(F)c2)sc1C. The van der Waals surface area contributed by atoms with E-state index in [0.717, 1.165) is 29.1 Å². The van der Waals surface area contributed by atoms with Crippen LogP contribution in [0.3, 0.4) is 0 Å². The van der Waals surface area contributed by atoms with Gasteiger partial charge in [-0.1, -0.05) is 12.1 Å². The summed E-state index contributed by atoms with van der Waals surface area (Å²) in [7, 11) is 0. The van der Waals surface area contributed by atoms with Crippen LogP contribution in [0.15, 0.2) is 24.3 Å².